The fourth-order valence-corrected chi connectivity index (χ4v) is 8.27. The van der Waals surface area contributed by atoms with Gasteiger partial charge < -0.3 is 34.2 Å². The second-order valence-corrected chi connectivity index (χ2v) is 16.7. The van der Waals surface area contributed by atoms with Gasteiger partial charge in [-0.15, -0.1) is 0 Å². The van der Waals surface area contributed by atoms with Crippen LogP contribution in [0, 0.1) is 11.3 Å². The lowest BCUT2D eigenvalue weighted by molar-refractivity contribution is -0.155. The number of benzene rings is 2. The Bertz CT molecular complexity index is 2390. The standard InChI is InChI=1S/C45H53N7O8/c1-7-51-37-11-10-28-21-32(37)33(39(51)34-23-46-13-12-29(34)24-58-6)22-45(4,5)25-60-44(57)35-9-8-15-52(50-35)43(56)36(19-27-17-30(28)20-31(53)18-27)48-40(54)38(26(2)3)49-41(55)42-47-14-16-59-42/h10-14,16-18,20-21,23,26,35-36,38,50,53H,7-9,15,19,22,24-25H2,1-6H3,(H,48,54)(H,49,55)/t35-,36-,38-/m0/s1. The number of aryl methyl sites for hydroxylation is 1. The Morgan fingerprint density at radius 1 is 1.10 bits per heavy atom. The quantitative estimate of drug-likeness (QED) is 0.141. The first-order chi connectivity index (χ1) is 28.8. The second-order valence-electron chi connectivity index (χ2n) is 16.7. The number of amides is 3. The van der Waals surface area contributed by atoms with Crippen LogP contribution < -0.4 is 16.1 Å². The number of oxazole rings is 1. The van der Waals surface area contributed by atoms with Crippen LogP contribution in [0.1, 0.15) is 74.8 Å². The van der Waals surface area contributed by atoms with Crippen molar-refractivity contribution in [2.45, 2.75) is 91.6 Å². The minimum atomic E-state index is -1.16. The Balaban J connectivity index is 1.34. The Labute approximate surface area is 348 Å². The summed E-state index contributed by atoms with van der Waals surface area (Å²) in [6, 6.07) is 10.3. The van der Waals surface area contributed by atoms with Gasteiger partial charge in [0.2, 0.25) is 5.91 Å². The number of phenolic OH excluding ortho intramolecular Hbond substituents is 1. The predicted molar refractivity (Wildman–Crippen MR) is 223 cm³/mol. The van der Waals surface area contributed by atoms with E-state index in [-0.39, 0.29) is 37.1 Å². The number of rotatable bonds is 9. The summed E-state index contributed by atoms with van der Waals surface area (Å²) < 4.78 is 19.1. The number of methoxy groups -OCH3 is 1. The summed E-state index contributed by atoms with van der Waals surface area (Å²) in [4.78, 5) is 63.6. The lowest BCUT2D eigenvalue weighted by Crippen LogP contribution is -2.62. The summed E-state index contributed by atoms with van der Waals surface area (Å²) in [5.41, 5.74) is 9.69. The van der Waals surface area contributed by atoms with Gasteiger partial charge in [0.15, 0.2) is 0 Å². The summed E-state index contributed by atoms with van der Waals surface area (Å²) in [7, 11) is 1.67. The summed E-state index contributed by atoms with van der Waals surface area (Å²) in [5.74, 6) is -2.85. The third-order valence-electron chi connectivity index (χ3n) is 11.2. The fourth-order valence-electron chi connectivity index (χ4n) is 8.27. The van der Waals surface area contributed by atoms with Crippen LogP contribution in [-0.2, 0) is 49.9 Å². The Morgan fingerprint density at radius 3 is 2.65 bits per heavy atom. The number of nitrogens with one attached hydrogen (secondary N) is 3. The number of ether oxygens (including phenoxy) is 2. The van der Waals surface area contributed by atoms with Gasteiger partial charge in [0.1, 0.15) is 30.1 Å². The van der Waals surface area contributed by atoms with Crippen molar-refractivity contribution in [1.82, 2.24) is 35.6 Å². The summed E-state index contributed by atoms with van der Waals surface area (Å²) in [6.45, 7) is 11.2. The van der Waals surface area contributed by atoms with Gasteiger partial charge in [-0.3, -0.25) is 29.2 Å². The molecule has 0 saturated carbocycles. The highest BCUT2D eigenvalue weighted by molar-refractivity contribution is 5.97. The monoisotopic (exact) mass is 819 g/mol. The molecule has 60 heavy (non-hydrogen) atoms. The van der Waals surface area contributed by atoms with Gasteiger partial charge >= 0.3 is 11.9 Å². The number of hydrazine groups is 1. The van der Waals surface area contributed by atoms with E-state index in [4.69, 9.17) is 13.9 Å². The Hall–Kier alpha value is -6.06. The molecule has 7 rings (SSSR count). The lowest BCUT2D eigenvalue weighted by atomic mass is 9.84. The Kier molecular flexibility index (Phi) is 12.4. The maximum absolute atomic E-state index is 14.5. The maximum atomic E-state index is 14.5. The second kappa shape index (κ2) is 17.7. The normalized spacial score (nSPS) is 18.8. The van der Waals surface area contributed by atoms with Crippen LogP contribution in [0.2, 0.25) is 0 Å². The molecule has 15 nitrogen and oxygen atoms in total. The van der Waals surface area contributed by atoms with Crippen LogP contribution in [0.5, 0.6) is 5.75 Å². The first-order valence-corrected chi connectivity index (χ1v) is 20.4. The zero-order chi connectivity index (χ0) is 42.7. The summed E-state index contributed by atoms with van der Waals surface area (Å²) in [6.07, 6.45) is 7.71. The topological polar surface area (TPSA) is 190 Å². The van der Waals surface area contributed by atoms with E-state index in [1.807, 2.05) is 24.4 Å². The zero-order valence-corrected chi connectivity index (χ0v) is 34.9. The highest BCUT2D eigenvalue weighted by Crippen LogP contribution is 2.41. The molecule has 4 N–H and O–H groups in total. The van der Waals surface area contributed by atoms with Crippen molar-refractivity contribution >= 4 is 34.6 Å². The van der Waals surface area contributed by atoms with Crippen LogP contribution in [-0.4, -0.2) is 86.7 Å². The molecule has 5 aromatic rings. The molecule has 0 spiro atoms. The van der Waals surface area contributed by atoms with Gasteiger partial charge in [-0.05, 0) is 90.3 Å². The van der Waals surface area contributed by atoms with Gasteiger partial charge in [0.25, 0.3) is 11.8 Å². The number of aromatic nitrogens is 3. The third-order valence-corrected chi connectivity index (χ3v) is 11.2. The molecule has 0 aliphatic carbocycles. The molecular weight excluding hydrogens is 767 g/mol. The van der Waals surface area contributed by atoms with Gasteiger partial charge in [-0.1, -0.05) is 39.8 Å². The highest BCUT2D eigenvalue weighted by atomic mass is 16.5. The van der Waals surface area contributed by atoms with E-state index in [2.05, 4.69) is 63.5 Å². The first-order valence-electron chi connectivity index (χ1n) is 20.4. The van der Waals surface area contributed by atoms with Crippen LogP contribution in [0.25, 0.3) is 33.3 Å². The van der Waals surface area contributed by atoms with Gasteiger partial charge in [-0.25, -0.2) is 10.4 Å². The van der Waals surface area contributed by atoms with Crippen molar-refractivity contribution < 1.29 is 38.2 Å². The molecule has 316 valence electrons. The summed E-state index contributed by atoms with van der Waals surface area (Å²) >= 11 is 0. The van der Waals surface area contributed by atoms with Crippen molar-refractivity contribution in [1.29, 1.82) is 0 Å². The lowest BCUT2D eigenvalue weighted by Gasteiger charge is -2.36. The van der Waals surface area contributed by atoms with Crippen LogP contribution in [0.4, 0.5) is 0 Å². The molecule has 2 aromatic carbocycles. The molecule has 15 heteroatoms. The molecule has 0 unspecified atom stereocenters. The smallest absolute Gasteiger partial charge is 0.324 e. The van der Waals surface area contributed by atoms with Gasteiger partial charge in [-0.2, -0.15) is 0 Å². The number of fused-ring (bicyclic) bond motifs is 6. The maximum Gasteiger partial charge on any atom is 0.324 e. The van der Waals surface area contributed by atoms with Crippen LogP contribution in [0.15, 0.2) is 71.7 Å². The van der Waals surface area contributed by atoms with E-state index < -0.39 is 47.2 Å². The number of carbonyl (C=O) groups excluding carboxylic acids is 4. The number of cyclic esters (lactones) is 1. The average Bonchev–Trinajstić information content (AvgIpc) is 3.88. The SMILES string of the molecule is CCn1c(-c2cnccc2COC)c2c3cc(ccc31)-c1cc(O)cc(c1)C[C@H](NC(=O)[C@@H](NC(=O)c1ncco1)C(C)C)C(=O)N1CCC[C@H](N1)C(=O)OCC(C)(C)C2. The van der Waals surface area contributed by atoms with E-state index in [0.29, 0.717) is 43.5 Å². The number of carbonyl (C=O) groups is 4. The number of pyridine rings is 1. The molecule has 6 bridgehead atoms. The molecule has 3 aromatic heterocycles. The highest BCUT2D eigenvalue weighted by Gasteiger charge is 2.37. The van der Waals surface area contributed by atoms with Gasteiger partial charge in [0.05, 0.1) is 25.1 Å². The molecule has 1 saturated heterocycles. The molecule has 1 fully saturated rings. The number of nitrogens with zero attached hydrogens (tertiary/aromatic N) is 4. The van der Waals surface area contributed by atoms with Crippen molar-refractivity contribution in [3.8, 4) is 28.1 Å². The molecule has 0 radical (unpaired) electrons. The van der Waals surface area contributed by atoms with E-state index in [9.17, 15) is 24.3 Å². The zero-order valence-electron chi connectivity index (χ0n) is 34.9. The molecule has 3 atom stereocenters. The van der Waals surface area contributed by atoms with Crippen molar-refractivity contribution in [2.75, 3.05) is 20.3 Å². The average molecular weight is 820 g/mol. The van der Waals surface area contributed by atoms with Crippen LogP contribution in [0.3, 0.4) is 0 Å². The third kappa shape index (κ3) is 8.92. The number of phenols is 1. The molecule has 3 amide bonds. The van der Waals surface area contributed by atoms with Crippen LogP contribution >= 0.6 is 0 Å². The predicted octanol–water partition coefficient (Wildman–Crippen LogP) is 5.33. The molecule has 5 heterocycles. The number of aromatic hydroxyl groups is 1. The molecule has 2 aliphatic rings. The number of esters is 1. The minimum absolute atomic E-state index is 0.0144. The van der Waals surface area contributed by atoms with Crippen molar-refractivity contribution in [3.05, 3.63) is 89.9 Å². The Morgan fingerprint density at radius 2 is 1.92 bits per heavy atom. The fraction of sp³-hybridized carbons (Fsp3) is 0.422. The number of hydrogen-bond acceptors (Lipinski definition) is 11. The number of hydrogen-bond donors (Lipinski definition) is 4. The van der Waals surface area contributed by atoms with E-state index in [1.54, 1.807) is 39.3 Å². The largest absolute Gasteiger partial charge is 0.508 e. The van der Waals surface area contributed by atoms with E-state index in [0.717, 1.165) is 38.9 Å². The minimum Gasteiger partial charge on any atom is -0.508 e. The van der Waals surface area contributed by atoms with Gasteiger partial charge in [0, 0.05) is 60.9 Å². The van der Waals surface area contributed by atoms with Crippen molar-refractivity contribution in [3.63, 3.8) is 0 Å². The molecule has 2 aliphatic heterocycles. The van der Waals surface area contributed by atoms with Crippen molar-refractivity contribution in [2.24, 2.45) is 11.3 Å². The van der Waals surface area contributed by atoms with E-state index in [1.165, 1.54) is 17.5 Å². The van der Waals surface area contributed by atoms with E-state index >= 15 is 0 Å². The summed E-state index contributed by atoms with van der Waals surface area (Å²) in [5, 5.41) is 19.1. The first kappa shape index (κ1) is 42.1. The molecular formula is C45H53N7O8.